The van der Waals surface area contributed by atoms with Crippen molar-refractivity contribution >= 4 is 23.6 Å². The number of amides is 2. The number of likely N-dealkylation sites (N-methyl/N-ethyl adjacent to an activating group) is 1. The van der Waals surface area contributed by atoms with Crippen LogP contribution in [0.3, 0.4) is 0 Å². The van der Waals surface area contributed by atoms with E-state index in [9.17, 15) is 14.4 Å². The van der Waals surface area contributed by atoms with Crippen LogP contribution in [0.5, 0.6) is 0 Å². The van der Waals surface area contributed by atoms with E-state index in [2.05, 4.69) is 20.6 Å². The number of anilines is 2. The fraction of sp³-hybridized carbons (Fsp3) is 0.600. The van der Waals surface area contributed by atoms with E-state index in [4.69, 9.17) is 0 Å². The van der Waals surface area contributed by atoms with Crippen LogP contribution in [0.4, 0.5) is 11.8 Å². The molecule has 2 aliphatic rings. The molecule has 0 aliphatic carbocycles. The van der Waals surface area contributed by atoms with Gasteiger partial charge in [-0.3, -0.25) is 19.4 Å². The minimum absolute atomic E-state index is 0.0351. The molecule has 1 aromatic rings. The zero-order chi connectivity index (χ0) is 16.4. The van der Waals surface area contributed by atoms with Gasteiger partial charge in [0.2, 0.25) is 17.8 Å². The van der Waals surface area contributed by atoms with Crippen molar-refractivity contribution < 1.29 is 9.59 Å². The molecule has 0 saturated carbocycles. The van der Waals surface area contributed by atoms with Gasteiger partial charge in [0.15, 0.2) is 0 Å². The van der Waals surface area contributed by atoms with Gasteiger partial charge in [0.25, 0.3) is 5.56 Å². The van der Waals surface area contributed by atoms with Crippen LogP contribution in [0.25, 0.3) is 0 Å². The summed E-state index contributed by atoms with van der Waals surface area (Å²) in [6.07, 6.45) is 3.23. The number of nitrogens with zero attached hydrogens (tertiary/aromatic N) is 2. The van der Waals surface area contributed by atoms with Crippen molar-refractivity contribution in [2.24, 2.45) is 0 Å². The molecule has 0 aromatic carbocycles. The molecule has 1 fully saturated rings. The van der Waals surface area contributed by atoms with Gasteiger partial charge in [-0.2, -0.15) is 4.98 Å². The van der Waals surface area contributed by atoms with E-state index < -0.39 is 5.92 Å². The second-order valence-corrected chi connectivity index (χ2v) is 5.90. The predicted octanol–water partition coefficient (Wildman–Crippen LogP) is 0.322. The first-order valence-corrected chi connectivity index (χ1v) is 8.07. The molecule has 0 unspecified atom stereocenters. The van der Waals surface area contributed by atoms with Gasteiger partial charge in [-0.1, -0.05) is 0 Å². The van der Waals surface area contributed by atoms with Crippen LogP contribution in [0.1, 0.15) is 44.1 Å². The number of aromatic amines is 1. The van der Waals surface area contributed by atoms with Crippen molar-refractivity contribution in [2.45, 2.75) is 38.5 Å². The average Bonchev–Trinajstić information content (AvgIpc) is 2.54. The van der Waals surface area contributed by atoms with E-state index in [1.165, 1.54) is 6.42 Å². The van der Waals surface area contributed by atoms with Gasteiger partial charge in [-0.05, 0) is 26.2 Å². The minimum Gasteiger partial charge on any atom is -0.356 e. The minimum atomic E-state index is -0.787. The third-order valence-electron chi connectivity index (χ3n) is 4.26. The first kappa shape index (κ1) is 15.5. The molecule has 2 aliphatic heterocycles. The molecule has 23 heavy (non-hydrogen) atoms. The molecule has 0 bridgehead atoms. The van der Waals surface area contributed by atoms with E-state index >= 15 is 0 Å². The van der Waals surface area contributed by atoms with E-state index in [0.29, 0.717) is 12.5 Å². The van der Waals surface area contributed by atoms with Crippen LogP contribution in [0.15, 0.2) is 4.79 Å². The lowest BCUT2D eigenvalue weighted by atomic mass is 9.92. The Bertz CT molecular complexity index is 678. The molecule has 8 nitrogen and oxygen atoms in total. The van der Waals surface area contributed by atoms with Gasteiger partial charge >= 0.3 is 0 Å². The second-order valence-electron chi connectivity index (χ2n) is 5.90. The fourth-order valence-electron chi connectivity index (χ4n) is 3.14. The molecule has 3 heterocycles. The number of hydrogen-bond donors (Lipinski definition) is 3. The SMILES string of the molecule is CCNC(=O)[C@@H]1CC(=O)Nc2nc(N3CCCCC3)[nH]c(=O)c21. The van der Waals surface area contributed by atoms with Crippen LogP contribution >= 0.6 is 0 Å². The number of aromatic nitrogens is 2. The summed E-state index contributed by atoms with van der Waals surface area (Å²) in [6, 6.07) is 0. The van der Waals surface area contributed by atoms with Crippen LogP contribution in [-0.4, -0.2) is 41.4 Å². The molecule has 3 N–H and O–H groups in total. The quantitative estimate of drug-likeness (QED) is 0.744. The third kappa shape index (κ3) is 3.06. The third-order valence-corrected chi connectivity index (χ3v) is 4.26. The lowest BCUT2D eigenvalue weighted by Crippen LogP contribution is -2.40. The number of piperidine rings is 1. The van der Waals surface area contributed by atoms with E-state index in [-0.39, 0.29) is 35.2 Å². The zero-order valence-electron chi connectivity index (χ0n) is 13.1. The standard InChI is InChI=1S/C15H21N5O3/c1-2-16-13(22)9-8-10(21)17-12-11(9)14(23)19-15(18-12)20-6-4-3-5-7-20/h9H,2-8H2,1H3,(H,16,22)(H2,17,18,19,21,23)/t9-/m1/s1. The molecule has 3 rings (SSSR count). The monoisotopic (exact) mass is 319 g/mol. The molecule has 2 amide bonds. The number of H-pyrrole nitrogens is 1. The fourth-order valence-corrected chi connectivity index (χ4v) is 3.14. The Kier molecular flexibility index (Phi) is 4.31. The molecule has 0 radical (unpaired) electrons. The first-order valence-electron chi connectivity index (χ1n) is 8.07. The zero-order valence-corrected chi connectivity index (χ0v) is 13.1. The molecule has 1 aromatic heterocycles. The molecule has 1 atom stereocenters. The highest BCUT2D eigenvalue weighted by molar-refractivity contribution is 6.00. The summed E-state index contributed by atoms with van der Waals surface area (Å²) in [6.45, 7) is 3.90. The number of hydrogen-bond acceptors (Lipinski definition) is 5. The summed E-state index contributed by atoms with van der Waals surface area (Å²) in [5.41, 5.74) is -0.108. The normalized spacial score (nSPS) is 20.7. The highest BCUT2D eigenvalue weighted by Crippen LogP contribution is 2.29. The molecule has 124 valence electrons. The van der Waals surface area contributed by atoms with Crippen molar-refractivity contribution in [1.29, 1.82) is 0 Å². The van der Waals surface area contributed by atoms with Crippen LogP contribution < -0.4 is 21.1 Å². The summed E-state index contributed by atoms with van der Waals surface area (Å²) < 4.78 is 0. The van der Waals surface area contributed by atoms with Gasteiger partial charge in [-0.15, -0.1) is 0 Å². The Morgan fingerprint density at radius 3 is 2.74 bits per heavy atom. The number of fused-ring (bicyclic) bond motifs is 1. The summed E-state index contributed by atoms with van der Waals surface area (Å²) in [5, 5.41) is 5.30. The Hall–Kier alpha value is -2.38. The largest absolute Gasteiger partial charge is 0.356 e. The van der Waals surface area contributed by atoms with Gasteiger partial charge in [0.1, 0.15) is 5.82 Å². The summed E-state index contributed by atoms with van der Waals surface area (Å²) in [7, 11) is 0. The maximum atomic E-state index is 12.5. The lowest BCUT2D eigenvalue weighted by molar-refractivity contribution is -0.126. The van der Waals surface area contributed by atoms with Crippen molar-refractivity contribution in [2.75, 3.05) is 29.9 Å². The molecular weight excluding hydrogens is 298 g/mol. The smallest absolute Gasteiger partial charge is 0.258 e. The van der Waals surface area contributed by atoms with Crippen LogP contribution in [-0.2, 0) is 9.59 Å². The maximum absolute atomic E-state index is 12.5. The highest BCUT2D eigenvalue weighted by atomic mass is 16.2. The van der Waals surface area contributed by atoms with Gasteiger partial charge < -0.3 is 15.5 Å². The molecular formula is C15H21N5O3. The van der Waals surface area contributed by atoms with Crippen LogP contribution in [0, 0.1) is 0 Å². The first-order chi connectivity index (χ1) is 11.1. The predicted molar refractivity (Wildman–Crippen MR) is 85.6 cm³/mol. The van der Waals surface area contributed by atoms with Crippen molar-refractivity contribution in [3.63, 3.8) is 0 Å². The molecule has 1 saturated heterocycles. The molecule has 0 spiro atoms. The number of carbonyl (C=O) groups is 2. The van der Waals surface area contributed by atoms with Crippen LogP contribution in [0.2, 0.25) is 0 Å². The summed E-state index contributed by atoms with van der Waals surface area (Å²) >= 11 is 0. The van der Waals surface area contributed by atoms with E-state index in [1.54, 1.807) is 6.92 Å². The number of rotatable bonds is 3. The number of carbonyl (C=O) groups excluding carboxylic acids is 2. The van der Waals surface area contributed by atoms with Gasteiger partial charge in [-0.25, -0.2) is 0 Å². The Balaban J connectivity index is 1.98. The lowest BCUT2D eigenvalue weighted by Gasteiger charge is -2.29. The second kappa shape index (κ2) is 6.39. The topological polar surface area (TPSA) is 107 Å². The Morgan fingerprint density at radius 2 is 2.04 bits per heavy atom. The van der Waals surface area contributed by atoms with Crippen molar-refractivity contribution in [3.05, 3.63) is 15.9 Å². The summed E-state index contributed by atoms with van der Waals surface area (Å²) in [4.78, 5) is 45.7. The molecule has 8 heteroatoms. The Morgan fingerprint density at radius 1 is 1.30 bits per heavy atom. The van der Waals surface area contributed by atoms with E-state index in [1.807, 2.05) is 4.90 Å². The van der Waals surface area contributed by atoms with Gasteiger partial charge in [0, 0.05) is 26.1 Å². The van der Waals surface area contributed by atoms with Crippen molar-refractivity contribution in [1.82, 2.24) is 15.3 Å². The maximum Gasteiger partial charge on any atom is 0.258 e. The summed E-state index contributed by atoms with van der Waals surface area (Å²) in [5.74, 6) is -0.726. The number of nitrogens with one attached hydrogen (secondary N) is 3. The highest BCUT2D eigenvalue weighted by Gasteiger charge is 2.34. The van der Waals surface area contributed by atoms with Crippen molar-refractivity contribution in [3.8, 4) is 0 Å². The van der Waals surface area contributed by atoms with Gasteiger partial charge in [0.05, 0.1) is 11.5 Å². The average molecular weight is 319 g/mol. The Labute approximate surface area is 133 Å². The van der Waals surface area contributed by atoms with E-state index in [0.717, 1.165) is 25.9 Å².